The number of anilines is 2. The van der Waals surface area contributed by atoms with Crippen LogP contribution in [0.25, 0.3) is 6.08 Å². The minimum Gasteiger partial charge on any atom is -0.404 e. The number of fused-ring (bicyclic) bond motifs is 2. The van der Waals surface area contributed by atoms with Gasteiger partial charge in [0.15, 0.2) is 0 Å². The number of piperidine rings is 1. The van der Waals surface area contributed by atoms with Gasteiger partial charge >= 0.3 is 6.36 Å². The molecule has 0 saturated carbocycles. The second-order valence-electron chi connectivity index (χ2n) is 8.88. The van der Waals surface area contributed by atoms with Crippen LogP contribution in [-0.2, 0) is 9.59 Å². The summed E-state index contributed by atoms with van der Waals surface area (Å²) in [6.45, 7) is 1.24. The number of alkyl halides is 3. The maximum Gasteiger partial charge on any atom is 0.573 e. The van der Waals surface area contributed by atoms with Crippen molar-refractivity contribution < 1.29 is 31.9 Å². The van der Waals surface area contributed by atoms with Gasteiger partial charge in [-0.1, -0.05) is 11.6 Å². The van der Waals surface area contributed by atoms with Crippen LogP contribution >= 0.6 is 11.6 Å². The molecule has 2 unspecified atom stereocenters. The summed E-state index contributed by atoms with van der Waals surface area (Å²) >= 11 is 5.90. The van der Waals surface area contributed by atoms with Crippen molar-refractivity contribution in [3.05, 3.63) is 58.9 Å². The number of halogens is 5. The van der Waals surface area contributed by atoms with Gasteiger partial charge < -0.3 is 20.3 Å². The molecule has 192 valence electrons. The van der Waals surface area contributed by atoms with Crippen LogP contribution in [0.15, 0.2) is 42.5 Å². The van der Waals surface area contributed by atoms with E-state index in [0.29, 0.717) is 0 Å². The Kier molecular flexibility index (Phi) is 7.44. The summed E-state index contributed by atoms with van der Waals surface area (Å²) in [7, 11) is 0. The summed E-state index contributed by atoms with van der Waals surface area (Å²) in [5, 5.41) is 5.56. The Bertz CT molecular complexity index is 1160. The van der Waals surface area contributed by atoms with Crippen molar-refractivity contribution in [2.75, 3.05) is 10.6 Å². The molecule has 0 aliphatic carbocycles. The Morgan fingerprint density at radius 2 is 1.75 bits per heavy atom. The number of rotatable bonds is 6. The van der Waals surface area contributed by atoms with Gasteiger partial charge in [-0.2, -0.15) is 0 Å². The van der Waals surface area contributed by atoms with Crippen molar-refractivity contribution in [3.63, 3.8) is 0 Å². The molecule has 36 heavy (non-hydrogen) atoms. The zero-order chi connectivity index (χ0) is 26.0. The van der Waals surface area contributed by atoms with Gasteiger partial charge in [0.05, 0.1) is 5.02 Å². The van der Waals surface area contributed by atoms with E-state index in [1.54, 1.807) is 17.0 Å². The maximum atomic E-state index is 13.2. The molecule has 2 fully saturated rings. The first-order valence-electron chi connectivity index (χ1n) is 11.4. The molecule has 2 aliphatic heterocycles. The smallest absolute Gasteiger partial charge is 0.404 e. The highest BCUT2D eigenvalue weighted by atomic mass is 35.5. The number of amides is 2. The monoisotopic (exact) mass is 525 g/mol. The lowest BCUT2D eigenvalue weighted by molar-refractivity contribution is -0.274. The van der Waals surface area contributed by atoms with Gasteiger partial charge in [-0.15, -0.1) is 13.2 Å². The van der Waals surface area contributed by atoms with E-state index < -0.39 is 18.0 Å². The van der Waals surface area contributed by atoms with Crippen LogP contribution in [0.1, 0.15) is 38.2 Å². The molecule has 2 N–H and O–H groups in total. The van der Waals surface area contributed by atoms with E-state index in [2.05, 4.69) is 15.4 Å². The van der Waals surface area contributed by atoms with E-state index in [4.69, 9.17) is 11.6 Å². The Morgan fingerprint density at radius 3 is 2.33 bits per heavy atom. The first-order chi connectivity index (χ1) is 17.0. The minimum atomic E-state index is -4.96. The predicted molar refractivity (Wildman–Crippen MR) is 128 cm³/mol. The first-order valence-corrected chi connectivity index (χ1v) is 11.8. The molecular weight excluding hydrogens is 502 g/mol. The van der Waals surface area contributed by atoms with Gasteiger partial charge in [0.25, 0.3) is 0 Å². The lowest BCUT2D eigenvalue weighted by Crippen LogP contribution is -2.49. The summed E-state index contributed by atoms with van der Waals surface area (Å²) < 4.78 is 55.4. The Morgan fingerprint density at radius 1 is 1.11 bits per heavy atom. The zero-order valence-corrected chi connectivity index (χ0v) is 20.0. The summed E-state index contributed by atoms with van der Waals surface area (Å²) in [4.78, 5) is 26.5. The normalized spacial score (nSPS) is 21.5. The largest absolute Gasteiger partial charge is 0.573 e. The van der Waals surface area contributed by atoms with E-state index in [9.17, 15) is 27.2 Å². The van der Waals surface area contributed by atoms with Gasteiger partial charge in [0.2, 0.25) is 11.8 Å². The average molecular weight is 526 g/mol. The number of carbonyl (C=O) groups excluding carboxylic acids is 2. The number of nitrogens with one attached hydrogen (secondary N) is 2. The second kappa shape index (κ2) is 10.4. The van der Waals surface area contributed by atoms with Crippen LogP contribution in [0.4, 0.5) is 28.9 Å². The van der Waals surface area contributed by atoms with Crippen molar-refractivity contribution in [2.24, 2.45) is 0 Å². The van der Waals surface area contributed by atoms with Crippen molar-refractivity contribution in [1.29, 1.82) is 0 Å². The molecule has 2 amide bonds. The van der Waals surface area contributed by atoms with Crippen molar-refractivity contribution >= 4 is 40.9 Å². The summed E-state index contributed by atoms with van der Waals surface area (Å²) in [6, 6.07) is 8.43. The van der Waals surface area contributed by atoms with Crippen molar-refractivity contribution in [1.82, 2.24) is 4.90 Å². The topological polar surface area (TPSA) is 70.7 Å². The maximum absolute atomic E-state index is 13.2. The first kappa shape index (κ1) is 25.8. The van der Waals surface area contributed by atoms with Gasteiger partial charge in [0.1, 0.15) is 11.6 Å². The summed E-state index contributed by atoms with van der Waals surface area (Å²) in [5.41, 5.74) is 1.10. The molecule has 0 radical (unpaired) electrons. The third kappa shape index (κ3) is 6.29. The fourth-order valence-electron chi connectivity index (χ4n) is 4.89. The van der Waals surface area contributed by atoms with E-state index in [0.717, 1.165) is 43.5 Å². The van der Waals surface area contributed by atoms with Crippen LogP contribution in [0, 0.1) is 5.82 Å². The summed E-state index contributed by atoms with van der Waals surface area (Å²) in [6.07, 6.45) is 0.785. The van der Waals surface area contributed by atoms with Crippen LogP contribution in [0.2, 0.25) is 5.02 Å². The highest BCUT2D eigenvalue weighted by Gasteiger charge is 2.42. The second-order valence-corrected chi connectivity index (χ2v) is 9.29. The van der Waals surface area contributed by atoms with Crippen LogP contribution in [0.5, 0.6) is 5.75 Å². The van der Waals surface area contributed by atoms with Gasteiger partial charge in [-0.3, -0.25) is 9.59 Å². The average Bonchev–Trinajstić information content (AvgIpc) is 3.05. The molecule has 0 aromatic heterocycles. The molecule has 2 aromatic rings. The number of benzene rings is 2. The SMILES string of the molecule is CC(=O)Nc1cc(Cl)c(OC(F)(F)F)cc1/C=C/C(=O)N1C2CC[C@@H]1CC(Nc1ccc(F)cc1)C2. The Labute approximate surface area is 210 Å². The molecular formula is C25H24ClF4N3O3. The lowest BCUT2D eigenvalue weighted by atomic mass is 9.96. The number of nitrogens with zero attached hydrogens (tertiary/aromatic N) is 1. The van der Waals surface area contributed by atoms with Crippen molar-refractivity contribution in [3.8, 4) is 5.75 Å². The molecule has 2 aromatic carbocycles. The van der Waals surface area contributed by atoms with E-state index in [1.165, 1.54) is 31.2 Å². The van der Waals surface area contributed by atoms with E-state index in [-0.39, 0.29) is 46.1 Å². The summed E-state index contributed by atoms with van der Waals surface area (Å²) in [5.74, 6) is -1.68. The third-order valence-corrected chi connectivity index (χ3v) is 6.54. The van der Waals surface area contributed by atoms with Crippen molar-refractivity contribution in [2.45, 2.75) is 57.1 Å². The number of ether oxygens (including phenoxy) is 1. The molecule has 6 nitrogen and oxygen atoms in total. The van der Waals surface area contributed by atoms with Crippen LogP contribution < -0.4 is 15.4 Å². The van der Waals surface area contributed by atoms with E-state index in [1.807, 2.05) is 0 Å². The molecule has 2 heterocycles. The lowest BCUT2D eigenvalue weighted by Gasteiger charge is -2.39. The Hall–Kier alpha value is -3.27. The molecule has 0 spiro atoms. The molecule has 11 heteroatoms. The minimum absolute atomic E-state index is 0.00278. The molecule has 2 saturated heterocycles. The number of hydrogen-bond donors (Lipinski definition) is 2. The fraction of sp³-hybridized carbons (Fsp3) is 0.360. The highest BCUT2D eigenvalue weighted by Crippen LogP contribution is 2.38. The fourth-order valence-corrected chi connectivity index (χ4v) is 5.09. The molecule has 4 rings (SSSR count). The van der Waals surface area contributed by atoms with Gasteiger partial charge in [0, 0.05) is 48.1 Å². The molecule has 2 aliphatic rings. The molecule has 3 atom stereocenters. The molecule has 2 bridgehead atoms. The standard InChI is InChI=1S/C25H24ClF4N3O3/c1-14(34)31-22-13-21(26)23(36-25(28,29)30)10-15(22)2-9-24(35)33-19-7-8-20(33)12-18(11-19)32-17-5-3-16(27)4-6-17/h2-6,9-10,13,18-20,32H,7-8,11-12H2,1H3,(H,31,34)/b9-2+/t18?,19-,20?/m1/s1. The predicted octanol–water partition coefficient (Wildman–Crippen LogP) is 5.98. The quantitative estimate of drug-likeness (QED) is 0.359. The number of hydrogen-bond acceptors (Lipinski definition) is 4. The third-order valence-electron chi connectivity index (χ3n) is 6.25. The highest BCUT2D eigenvalue weighted by molar-refractivity contribution is 6.32. The zero-order valence-electron chi connectivity index (χ0n) is 19.2. The van der Waals surface area contributed by atoms with Crippen LogP contribution in [0.3, 0.4) is 0 Å². The van der Waals surface area contributed by atoms with Gasteiger partial charge in [-0.25, -0.2) is 4.39 Å². The van der Waals surface area contributed by atoms with E-state index >= 15 is 0 Å². The Balaban J connectivity index is 1.49. The van der Waals surface area contributed by atoms with Crippen LogP contribution in [-0.4, -0.2) is 41.2 Å². The number of carbonyl (C=O) groups is 2. The van der Waals surface area contributed by atoms with Gasteiger partial charge in [-0.05, 0) is 68.2 Å².